The van der Waals surface area contributed by atoms with Crippen molar-refractivity contribution in [1.82, 2.24) is 15.6 Å². The topological polar surface area (TPSA) is 108 Å². The molecule has 0 unspecified atom stereocenters. The fraction of sp³-hybridized carbons (Fsp3) is 0.304. The van der Waals surface area contributed by atoms with Crippen LogP contribution >= 0.6 is 11.8 Å². The van der Waals surface area contributed by atoms with Crippen LogP contribution < -0.4 is 10.6 Å². The van der Waals surface area contributed by atoms with E-state index in [1.54, 1.807) is 6.08 Å². The van der Waals surface area contributed by atoms with Gasteiger partial charge in [-0.2, -0.15) is 0 Å². The van der Waals surface area contributed by atoms with E-state index in [-0.39, 0.29) is 11.4 Å². The van der Waals surface area contributed by atoms with Gasteiger partial charge < -0.3 is 10.4 Å². The van der Waals surface area contributed by atoms with E-state index in [1.807, 2.05) is 38.1 Å². The minimum absolute atomic E-state index is 0.0856. The molecule has 31 heavy (non-hydrogen) atoms. The number of thioether (sulfide) groups is 1. The van der Waals surface area contributed by atoms with Gasteiger partial charge in [0.2, 0.25) is 0 Å². The Labute approximate surface area is 185 Å². The van der Waals surface area contributed by atoms with Crippen molar-refractivity contribution in [2.45, 2.75) is 40.7 Å². The standard InChI is InChI=1S/C23H25N3O4S/c1-12(2)9-18-17(11-24-22(28)29)20(15-7-5-13(3)6-8-15)16(14(4)25-18)10-19-21(27)26-23(30)31-19/h5-8,10,12,24H,9,11H2,1-4H3,(H,28,29)(H,26,27,30). The molecule has 8 heteroatoms. The molecule has 0 spiro atoms. The summed E-state index contributed by atoms with van der Waals surface area (Å²) in [6.45, 7) is 8.10. The fourth-order valence-electron chi connectivity index (χ4n) is 3.51. The molecule has 3 N–H and O–H groups in total. The molecule has 0 bridgehead atoms. The highest BCUT2D eigenvalue weighted by Gasteiger charge is 2.27. The van der Waals surface area contributed by atoms with E-state index in [1.165, 1.54) is 0 Å². The smallest absolute Gasteiger partial charge is 0.404 e. The molecule has 0 radical (unpaired) electrons. The number of benzene rings is 1. The molecular formula is C23H25N3O4S. The average molecular weight is 440 g/mol. The van der Waals surface area contributed by atoms with Gasteiger partial charge in [0, 0.05) is 29.1 Å². The number of nitrogens with zero attached hydrogens (tertiary/aromatic N) is 1. The Hall–Kier alpha value is -3.13. The number of amides is 3. The zero-order valence-corrected chi connectivity index (χ0v) is 18.7. The van der Waals surface area contributed by atoms with E-state index in [0.29, 0.717) is 23.6 Å². The fourth-order valence-corrected chi connectivity index (χ4v) is 4.17. The Morgan fingerprint density at radius 3 is 2.45 bits per heavy atom. The molecule has 1 saturated heterocycles. The van der Waals surface area contributed by atoms with Gasteiger partial charge in [-0.15, -0.1) is 0 Å². The summed E-state index contributed by atoms with van der Waals surface area (Å²) in [6.07, 6.45) is 1.23. The lowest BCUT2D eigenvalue weighted by atomic mass is 9.89. The van der Waals surface area contributed by atoms with E-state index in [9.17, 15) is 19.5 Å². The number of aromatic nitrogens is 1. The Morgan fingerprint density at radius 2 is 1.90 bits per heavy atom. The Kier molecular flexibility index (Phi) is 6.80. The van der Waals surface area contributed by atoms with Crippen LogP contribution in [0.15, 0.2) is 29.2 Å². The molecule has 3 amide bonds. The molecule has 0 aliphatic carbocycles. The van der Waals surface area contributed by atoms with Gasteiger partial charge in [-0.25, -0.2) is 4.79 Å². The third kappa shape index (κ3) is 5.32. The van der Waals surface area contributed by atoms with Gasteiger partial charge in [-0.1, -0.05) is 43.7 Å². The van der Waals surface area contributed by atoms with Crippen molar-refractivity contribution in [2.75, 3.05) is 0 Å². The highest BCUT2D eigenvalue weighted by molar-refractivity contribution is 8.18. The van der Waals surface area contributed by atoms with Gasteiger partial charge in [-0.3, -0.25) is 19.9 Å². The molecule has 1 fully saturated rings. The van der Waals surface area contributed by atoms with Crippen LogP contribution in [0.3, 0.4) is 0 Å². The first-order valence-corrected chi connectivity index (χ1v) is 10.8. The van der Waals surface area contributed by atoms with Crippen LogP contribution in [-0.4, -0.2) is 27.3 Å². The Bertz CT molecular complexity index is 1080. The van der Waals surface area contributed by atoms with Crippen LogP contribution in [0.4, 0.5) is 9.59 Å². The molecule has 1 aliphatic rings. The van der Waals surface area contributed by atoms with Crippen LogP contribution in [-0.2, 0) is 17.8 Å². The summed E-state index contributed by atoms with van der Waals surface area (Å²) in [4.78, 5) is 40.2. The third-order valence-electron chi connectivity index (χ3n) is 4.89. The van der Waals surface area contributed by atoms with E-state index in [2.05, 4.69) is 24.5 Å². The summed E-state index contributed by atoms with van der Waals surface area (Å²) in [5.74, 6) is -0.125. The number of carboxylic acid groups (broad SMARTS) is 1. The monoisotopic (exact) mass is 439 g/mol. The van der Waals surface area contributed by atoms with Crippen LogP contribution in [0.25, 0.3) is 17.2 Å². The van der Waals surface area contributed by atoms with E-state index in [4.69, 9.17) is 4.98 Å². The van der Waals surface area contributed by atoms with Gasteiger partial charge in [0.15, 0.2) is 0 Å². The number of rotatable bonds is 6. The van der Waals surface area contributed by atoms with Crippen LogP contribution in [0.5, 0.6) is 0 Å². The largest absolute Gasteiger partial charge is 0.465 e. The summed E-state index contributed by atoms with van der Waals surface area (Å²) < 4.78 is 0. The highest BCUT2D eigenvalue weighted by atomic mass is 32.2. The molecule has 0 atom stereocenters. The SMILES string of the molecule is Cc1ccc(-c2c(C=C3SC(=O)NC3=O)c(C)nc(CC(C)C)c2CNC(=O)O)cc1. The second-order valence-electron chi connectivity index (χ2n) is 7.89. The van der Waals surface area contributed by atoms with Crippen molar-refractivity contribution in [2.24, 2.45) is 5.92 Å². The first-order valence-electron chi connectivity index (χ1n) is 9.96. The zero-order chi connectivity index (χ0) is 22.7. The minimum Gasteiger partial charge on any atom is -0.465 e. The first kappa shape index (κ1) is 22.6. The summed E-state index contributed by atoms with van der Waals surface area (Å²) in [7, 11) is 0. The minimum atomic E-state index is -1.12. The number of pyridine rings is 1. The van der Waals surface area contributed by atoms with Gasteiger partial charge in [0.25, 0.3) is 11.1 Å². The summed E-state index contributed by atoms with van der Waals surface area (Å²) in [5.41, 5.74) is 5.81. The van der Waals surface area contributed by atoms with Crippen LogP contribution in [0.1, 0.15) is 41.9 Å². The quantitative estimate of drug-likeness (QED) is 0.565. The second-order valence-corrected chi connectivity index (χ2v) is 8.90. The van der Waals surface area contributed by atoms with Crippen molar-refractivity contribution in [3.63, 3.8) is 0 Å². The summed E-state index contributed by atoms with van der Waals surface area (Å²) in [6, 6.07) is 7.92. The maximum atomic E-state index is 12.2. The normalized spacial score (nSPS) is 14.9. The summed E-state index contributed by atoms with van der Waals surface area (Å²) >= 11 is 0.847. The molecular weight excluding hydrogens is 414 g/mol. The second kappa shape index (κ2) is 9.34. The van der Waals surface area contributed by atoms with Gasteiger partial charge >= 0.3 is 6.09 Å². The molecule has 1 aliphatic heterocycles. The molecule has 2 aromatic rings. The number of carbonyl (C=O) groups excluding carboxylic acids is 2. The van der Waals surface area contributed by atoms with E-state index < -0.39 is 17.2 Å². The predicted molar refractivity (Wildman–Crippen MR) is 122 cm³/mol. The maximum absolute atomic E-state index is 12.2. The number of carbonyl (C=O) groups is 3. The number of aryl methyl sites for hydroxylation is 2. The molecule has 1 aromatic carbocycles. The molecule has 1 aromatic heterocycles. The number of imide groups is 1. The molecule has 7 nitrogen and oxygen atoms in total. The van der Waals surface area contributed by atoms with Crippen molar-refractivity contribution in [1.29, 1.82) is 0 Å². The molecule has 162 valence electrons. The Balaban J connectivity index is 2.30. The number of hydrogen-bond donors (Lipinski definition) is 3. The molecule has 0 saturated carbocycles. The van der Waals surface area contributed by atoms with E-state index in [0.717, 1.165) is 39.7 Å². The number of hydrogen-bond acceptors (Lipinski definition) is 5. The van der Waals surface area contributed by atoms with Crippen molar-refractivity contribution >= 4 is 35.1 Å². The average Bonchev–Trinajstić information content (AvgIpc) is 2.99. The van der Waals surface area contributed by atoms with Gasteiger partial charge in [-0.05, 0) is 55.2 Å². The predicted octanol–water partition coefficient (Wildman–Crippen LogP) is 4.66. The molecule has 3 rings (SSSR count). The Morgan fingerprint density at radius 1 is 1.23 bits per heavy atom. The van der Waals surface area contributed by atoms with Crippen LogP contribution in [0, 0.1) is 19.8 Å². The zero-order valence-electron chi connectivity index (χ0n) is 17.9. The number of nitrogens with one attached hydrogen (secondary N) is 2. The first-order chi connectivity index (χ1) is 14.7. The van der Waals surface area contributed by atoms with Crippen molar-refractivity contribution < 1.29 is 19.5 Å². The maximum Gasteiger partial charge on any atom is 0.404 e. The van der Waals surface area contributed by atoms with Gasteiger partial charge in [0.05, 0.1) is 4.91 Å². The van der Waals surface area contributed by atoms with Crippen molar-refractivity contribution in [3.05, 3.63) is 57.2 Å². The highest BCUT2D eigenvalue weighted by Crippen LogP contribution is 2.36. The lowest BCUT2D eigenvalue weighted by Crippen LogP contribution is -2.23. The van der Waals surface area contributed by atoms with E-state index >= 15 is 0 Å². The van der Waals surface area contributed by atoms with Crippen molar-refractivity contribution in [3.8, 4) is 11.1 Å². The van der Waals surface area contributed by atoms with Crippen LogP contribution in [0.2, 0.25) is 0 Å². The lowest BCUT2D eigenvalue weighted by molar-refractivity contribution is -0.115. The lowest BCUT2D eigenvalue weighted by Gasteiger charge is -2.21. The molecule has 2 heterocycles. The summed E-state index contributed by atoms with van der Waals surface area (Å²) in [5, 5.41) is 13.6. The van der Waals surface area contributed by atoms with Gasteiger partial charge in [0.1, 0.15) is 0 Å². The third-order valence-corrected chi connectivity index (χ3v) is 5.70.